The number of para-hydroxylation sites is 2. The van der Waals surface area contributed by atoms with Gasteiger partial charge in [0.25, 0.3) is 0 Å². The van der Waals surface area contributed by atoms with Crippen molar-refractivity contribution in [2.24, 2.45) is 0 Å². The summed E-state index contributed by atoms with van der Waals surface area (Å²) in [6.45, 7) is 1.32. The summed E-state index contributed by atoms with van der Waals surface area (Å²) in [7, 11) is 1.64. The van der Waals surface area contributed by atoms with E-state index in [2.05, 4.69) is 10.6 Å². The number of benzene rings is 2. The zero-order valence-electron chi connectivity index (χ0n) is 12.0. The normalized spacial score (nSPS) is 10.7. The Hall–Kier alpha value is -2.62. The van der Waals surface area contributed by atoms with Gasteiger partial charge in [-0.25, -0.2) is 0 Å². The monoisotopic (exact) mass is 282 g/mol. The topological polar surface area (TPSA) is 49.4 Å². The maximum Gasteiger partial charge on any atom is 0.161 e. The molecule has 0 saturated carbocycles. The molecule has 4 heteroatoms. The van der Waals surface area contributed by atoms with Gasteiger partial charge in [0.15, 0.2) is 11.5 Å². The maximum absolute atomic E-state index is 5.97. The largest absolute Gasteiger partial charge is 0.493 e. The molecule has 4 nitrogen and oxygen atoms in total. The molecule has 0 aliphatic rings. The third kappa shape index (κ3) is 2.65. The quantitative estimate of drug-likeness (QED) is 0.730. The van der Waals surface area contributed by atoms with E-state index in [1.807, 2.05) is 48.7 Å². The molecule has 3 rings (SSSR count). The van der Waals surface area contributed by atoms with Crippen LogP contribution in [-0.2, 0) is 6.54 Å². The molecule has 0 amide bonds. The van der Waals surface area contributed by atoms with Crippen molar-refractivity contribution in [3.63, 3.8) is 0 Å². The molecule has 108 valence electrons. The van der Waals surface area contributed by atoms with E-state index in [0.717, 1.165) is 34.6 Å². The van der Waals surface area contributed by atoms with Crippen molar-refractivity contribution >= 4 is 16.6 Å². The molecule has 0 radical (unpaired) electrons. The van der Waals surface area contributed by atoms with Crippen molar-refractivity contribution in [3.8, 4) is 11.5 Å². The minimum absolute atomic E-state index is 0.568. The zero-order chi connectivity index (χ0) is 14.7. The second-order valence-electron chi connectivity index (χ2n) is 4.79. The van der Waals surface area contributed by atoms with E-state index in [1.165, 1.54) is 0 Å². The molecule has 1 heterocycles. The summed E-state index contributed by atoms with van der Waals surface area (Å²) in [4.78, 5) is 0. The molecule has 0 aliphatic heterocycles. The van der Waals surface area contributed by atoms with E-state index < -0.39 is 0 Å². The molecule has 1 aromatic heterocycles. The predicted octanol–water partition coefficient (Wildman–Crippen LogP) is 3.31. The third-order valence-corrected chi connectivity index (χ3v) is 3.51. The Morgan fingerprint density at radius 1 is 1.00 bits per heavy atom. The highest BCUT2D eigenvalue weighted by atomic mass is 16.5. The fraction of sp³-hybridized carbons (Fsp3) is 0.176. The Labute approximate surface area is 123 Å². The lowest BCUT2D eigenvalue weighted by atomic mass is 10.2. The minimum atomic E-state index is 0.568. The van der Waals surface area contributed by atoms with Crippen LogP contribution in [0.3, 0.4) is 0 Å². The van der Waals surface area contributed by atoms with E-state index in [4.69, 9.17) is 15.2 Å². The highest BCUT2D eigenvalue weighted by Crippen LogP contribution is 2.26. The van der Waals surface area contributed by atoms with Gasteiger partial charge in [-0.1, -0.05) is 18.2 Å². The lowest BCUT2D eigenvalue weighted by Gasteiger charge is -2.11. The Balaban J connectivity index is 1.71. The van der Waals surface area contributed by atoms with Gasteiger partial charge in [0, 0.05) is 17.3 Å². The van der Waals surface area contributed by atoms with Gasteiger partial charge in [-0.15, -0.1) is 0 Å². The van der Waals surface area contributed by atoms with Crippen molar-refractivity contribution in [3.05, 3.63) is 54.7 Å². The van der Waals surface area contributed by atoms with Gasteiger partial charge in [-0.3, -0.25) is 0 Å². The van der Waals surface area contributed by atoms with Crippen LogP contribution in [0.15, 0.2) is 54.7 Å². The van der Waals surface area contributed by atoms with Gasteiger partial charge in [0.1, 0.15) is 6.61 Å². The number of methoxy groups -OCH3 is 1. The van der Waals surface area contributed by atoms with Gasteiger partial charge in [0.05, 0.1) is 19.2 Å². The van der Waals surface area contributed by atoms with E-state index >= 15 is 0 Å². The Morgan fingerprint density at radius 2 is 1.81 bits per heavy atom. The van der Waals surface area contributed by atoms with Gasteiger partial charge in [-0.05, 0) is 30.3 Å². The molecule has 2 aromatic carbocycles. The lowest BCUT2D eigenvalue weighted by Crippen LogP contribution is -2.07. The summed E-state index contributed by atoms with van der Waals surface area (Å²) in [6.07, 6.45) is 2.03. The first-order valence-electron chi connectivity index (χ1n) is 6.89. The number of aromatic nitrogens is 1. The van der Waals surface area contributed by atoms with Gasteiger partial charge < -0.3 is 19.8 Å². The predicted molar refractivity (Wildman–Crippen MR) is 84.8 cm³/mol. The standard InChI is InChI=1S/C17H18N2O2/c1-20-16-7-2-3-8-17(16)21-12-11-19-10-9-13-14(18)5-4-6-15(13)19/h2-10H,11-12,18H2,1H3. The Bertz CT molecular complexity index is 749. The van der Waals surface area contributed by atoms with Crippen LogP contribution in [0.4, 0.5) is 5.69 Å². The number of anilines is 1. The van der Waals surface area contributed by atoms with Crippen LogP contribution >= 0.6 is 0 Å². The molecular formula is C17H18N2O2. The molecule has 0 unspecified atom stereocenters. The van der Waals surface area contributed by atoms with Gasteiger partial charge in [0.2, 0.25) is 0 Å². The first kappa shape index (κ1) is 13.4. The van der Waals surface area contributed by atoms with Crippen molar-refractivity contribution in [1.82, 2.24) is 4.57 Å². The average Bonchev–Trinajstić information content (AvgIpc) is 2.93. The first-order chi connectivity index (χ1) is 10.3. The second kappa shape index (κ2) is 5.79. The summed E-state index contributed by atoms with van der Waals surface area (Å²) < 4.78 is 13.2. The van der Waals surface area contributed by atoms with Crippen LogP contribution in [0.25, 0.3) is 10.9 Å². The molecule has 21 heavy (non-hydrogen) atoms. The molecule has 0 fully saturated rings. The van der Waals surface area contributed by atoms with E-state index in [0.29, 0.717) is 6.61 Å². The third-order valence-electron chi connectivity index (χ3n) is 3.51. The SMILES string of the molecule is COc1ccccc1OCCn1ccc2c(N)cccc21. The van der Waals surface area contributed by atoms with Gasteiger partial charge in [-0.2, -0.15) is 0 Å². The number of fused-ring (bicyclic) bond motifs is 1. The summed E-state index contributed by atoms with van der Waals surface area (Å²) in [5, 5.41) is 1.08. The molecule has 0 bridgehead atoms. The molecule has 2 N–H and O–H groups in total. The average molecular weight is 282 g/mol. The van der Waals surface area contributed by atoms with Crippen LogP contribution in [0.1, 0.15) is 0 Å². The molecule has 0 atom stereocenters. The summed E-state index contributed by atoms with van der Waals surface area (Å²) in [5.41, 5.74) is 7.89. The van der Waals surface area contributed by atoms with Crippen molar-refractivity contribution in [2.45, 2.75) is 6.54 Å². The van der Waals surface area contributed by atoms with E-state index in [9.17, 15) is 0 Å². The molecule has 3 aromatic rings. The Kier molecular flexibility index (Phi) is 3.69. The second-order valence-corrected chi connectivity index (χ2v) is 4.79. The number of nitrogens with two attached hydrogens (primary N) is 1. The molecule has 0 aliphatic carbocycles. The number of nitrogen functional groups attached to an aromatic ring is 1. The van der Waals surface area contributed by atoms with Crippen LogP contribution < -0.4 is 15.2 Å². The summed E-state index contributed by atoms with van der Waals surface area (Å²) in [5.74, 6) is 1.51. The van der Waals surface area contributed by atoms with Gasteiger partial charge >= 0.3 is 0 Å². The van der Waals surface area contributed by atoms with Crippen molar-refractivity contribution in [1.29, 1.82) is 0 Å². The summed E-state index contributed by atoms with van der Waals surface area (Å²) >= 11 is 0. The van der Waals surface area contributed by atoms with E-state index in [1.54, 1.807) is 7.11 Å². The molecule has 0 saturated heterocycles. The summed E-state index contributed by atoms with van der Waals surface area (Å²) in [6, 6.07) is 15.6. The number of nitrogens with zero attached hydrogens (tertiary/aromatic N) is 1. The van der Waals surface area contributed by atoms with Crippen LogP contribution in [0, 0.1) is 0 Å². The lowest BCUT2D eigenvalue weighted by molar-refractivity contribution is 0.281. The number of rotatable bonds is 5. The molecule has 0 spiro atoms. The fourth-order valence-corrected chi connectivity index (χ4v) is 2.43. The number of hydrogen-bond donors (Lipinski definition) is 1. The zero-order valence-corrected chi connectivity index (χ0v) is 12.0. The maximum atomic E-state index is 5.97. The Morgan fingerprint density at radius 3 is 2.62 bits per heavy atom. The van der Waals surface area contributed by atoms with Crippen molar-refractivity contribution < 1.29 is 9.47 Å². The highest BCUT2D eigenvalue weighted by molar-refractivity contribution is 5.91. The molecular weight excluding hydrogens is 264 g/mol. The fourth-order valence-electron chi connectivity index (χ4n) is 2.43. The number of ether oxygens (including phenoxy) is 2. The van der Waals surface area contributed by atoms with Crippen LogP contribution in [0.2, 0.25) is 0 Å². The smallest absolute Gasteiger partial charge is 0.161 e. The number of hydrogen-bond acceptors (Lipinski definition) is 3. The van der Waals surface area contributed by atoms with Crippen molar-refractivity contribution in [2.75, 3.05) is 19.5 Å². The first-order valence-corrected chi connectivity index (χ1v) is 6.89. The minimum Gasteiger partial charge on any atom is -0.493 e. The van der Waals surface area contributed by atoms with Crippen LogP contribution in [-0.4, -0.2) is 18.3 Å². The van der Waals surface area contributed by atoms with Crippen LogP contribution in [0.5, 0.6) is 11.5 Å². The van der Waals surface area contributed by atoms with E-state index in [-0.39, 0.29) is 0 Å². The highest BCUT2D eigenvalue weighted by Gasteiger charge is 2.05.